The van der Waals surface area contributed by atoms with Crippen LogP contribution in [0.4, 0.5) is 17.7 Å². The minimum absolute atomic E-state index is 0. The number of piperazine rings is 1. The number of benzene rings is 1. The van der Waals surface area contributed by atoms with Crippen molar-refractivity contribution in [2.45, 2.75) is 44.7 Å². The average molecular weight is 428 g/mol. The van der Waals surface area contributed by atoms with Gasteiger partial charge in [-0.1, -0.05) is 11.6 Å². The second-order valence-corrected chi connectivity index (χ2v) is 8.13. The zero-order valence-corrected chi connectivity index (χ0v) is 20.6. The van der Waals surface area contributed by atoms with Gasteiger partial charge in [-0.05, 0) is 39.3 Å². The van der Waals surface area contributed by atoms with Crippen molar-refractivity contribution in [1.82, 2.24) is 9.80 Å². The van der Waals surface area contributed by atoms with E-state index in [1.807, 2.05) is 25.7 Å². The Kier molecular flexibility index (Phi) is 9.25. The van der Waals surface area contributed by atoms with Gasteiger partial charge in [0.05, 0.1) is 0 Å². The Morgan fingerprint density at radius 2 is 1.74 bits per heavy atom. The monoisotopic (exact) mass is 428 g/mol. The summed E-state index contributed by atoms with van der Waals surface area (Å²) in [5, 5.41) is 0. The molecular weight excluding hydrogens is 403 g/mol. The smallest absolute Gasteiger partial charge is 0.445 e. The predicted molar refractivity (Wildman–Crippen MR) is 100 cm³/mol. The summed E-state index contributed by atoms with van der Waals surface area (Å²) in [6, 6.07) is 2.90. The third-order valence-corrected chi connectivity index (χ3v) is 4.73. The fourth-order valence-corrected chi connectivity index (χ4v) is 3.18. The predicted octanol–water partition coefficient (Wildman–Crippen LogP) is 0.395. The maximum absolute atomic E-state index is 13.2. The maximum atomic E-state index is 13.2. The first kappa shape index (κ1) is 25.3. The van der Waals surface area contributed by atoms with Crippen molar-refractivity contribution in [3.05, 3.63) is 23.3 Å². The van der Waals surface area contributed by atoms with Crippen molar-refractivity contribution in [3.8, 4) is 0 Å². The van der Waals surface area contributed by atoms with E-state index in [-0.39, 0.29) is 63.0 Å². The SMILES string of the molecule is Cc1c(S)cc(CN2CCN(C(=O)OC(C)(C)C)CC2)cc1[B-](F)(F)F.[K+]. The van der Waals surface area contributed by atoms with E-state index in [0.717, 1.165) is 0 Å². The van der Waals surface area contributed by atoms with Crippen molar-refractivity contribution in [2.24, 2.45) is 0 Å². The molecule has 0 saturated carbocycles. The van der Waals surface area contributed by atoms with E-state index in [0.29, 0.717) is 43.2 Å². The number of amides is 1. The van der Waals surface area contributed by atoms with Crippen LogP contribution in [0.2, 0.25) is 0 Å². The fraction of sp³-hybridized carbons (Fsp3) is 0.588. The molecule has 0 N–H and O–H groups in total. The number of hydrogen-bond acceptors (Lipinski definition) is 4. The Morgan fingerprint density at radius 3 is 2.22 bits per heavy atom. The minimum atomic E-state index is -5.07. The molecule has 0 radical (unpaired) electrons. The molecule has 1 saturated heterocycles. The first-order valence-electron chi connectivity index (χ1n) is 8.59. The summed E-state index contributed by atoms with van der Waals surface area (Å²) in [5.41, 5.74) is -0.380. The van der Waals surface area contributed by atoms with Gasteiger partial charge in [-0.3, -0.25) is 4.90 Å². The summed E-state index contributed by atoms with van der Waals surface area (Å²) in [7, 11) is 0. The second kappa shape index (κ2) is 9.86. The third kappa shape index (κ3) is 7.56. The Labute approximate surface area is 207 Å². The van der Waals surface area contributed by atoms with Crippen molar-refractivity contribution >= 4 is 31.2 Å². The van der Waals surface area contributed by atoms with Gasteiger partial charge in [0.2, 0.25) is 0 Å². The maximum Gasteiger partial charge on any atom is 1.00 e. The van der Waals surface area contributed by atoms with Crippen LogP contribution in [0.15, 0.2) is 17.0 Å². The van der Waals surface area contributed by atoms with E-state index in [1.54, 1.807) is 11.0 Å². The normalized spacial score (nSPS) is 16.1. The number of halogens is 3. The van der Waals surface area contributed by atoms with Crippen LogP contribution in [0.3, 0.4) is 0 Å². The number of nitrogens with zero attached hydrogens (tertiary/aromatic N) is 2. The van der Waals surface area contributed by atoms with E-state index in [1.165, 1.54) is 13.0 Å². The molecule has 1 amide bonds. The quantitative estimate of drug-likeness (QED) is 0.559. The molecule has 27 heavy (non-hydrogen) atoms. The van der Waals surface area contributed by atoms with E-state index in [2.05, 4.69) is 12.6 Å². The van der Waals surface area contributed by atoms with Gasteiger partial charge in [0.15, 0.2) is 0 Å². The van der Waals surface area contributed by atoms with Gasteiger partial charge in [-0.2, -0.15) is 0 Å². The summed E-state index contributed by atoms with van der Waals surface area (Å²) in [6.07, 6.45) is -0.354. The van der Waals surface area contributed by atoms with Gasteiger partial charge in [0.1, 0.15) is 5.60 Å². The van der Waals surface area contributed by atoms with Gasteiger partial charge < -0.3 is 22.6 Å². The molecule has 0 unspecified atom stereocenters. The van der Waals surface area contributed by atoms with Gasteiger partial charge in [-0.15, -0.1) is 18.1 Å². The van der Waals surface area contributed by atoms with Crippen molar-refractivity contribution in [2.75, 3.05) is 26.2 Å². The van der Waals surface area contributed by atoms with E-state index >= 15 is 0 Å². The van der Waals surface area contributed by atoms with Gasteiger partial charge in [0, 0.05) is 37.6 Å². The molecule has 1 aromatic rings. The number of hydrogen-bond donors (Lipinski definition) is 1. The summed E-state index contributed by atoms with van der Waals surface area (Å²) in [4.78, 5) is 16.1. The van der Waals surface area contributed by atoms with Crippen LogP contribution in [0.5, 0.6) is 0 Å². The Bertz CT molecular complexity index is 675. The Morgan fingerprint density at radius 1 is 1.19 bits per heavy atom. The summed E-state index contributed by atoms with van der Waals surface area (Å²) < 4.78 is 45.0. The summed E-state index contributed by atoms with van der Waals surface area (Å²) in [5.74, 6) is 0. The van der Waals surface area contributed by atoms with Gasteiger partial charge in [0.25, 0.3) is 0 Å². The molecule has 1 heterocycles. The van der Waals surface area contributed by atoms with Gasteiger partial charge in [-0.25, -0.2) is 4.79 Å². The second-order valence-electron chi connectivity index (χ2n) is 7.65. The molecule has 1 aliphatic heterocycles. The van der Waals surface area contributed by atoms with Crippen molar-refractivity contribution < 1.29 is 73.9 Å². The topological polar surface area (TPSA) is 32.8 Å². The van der Waals surface area contributed by atoms with Crippen LogP contribution in [0.1, 0.15) is 31.9 Å². The fourth-order valence-electron chi connectivity index (χ4n) is 2.89. The first-order chi connectivity index (χ1) is 11.9. The number of carbonyl (C=O) groups is 1. The van der Waals surface area contributed by atoms with Crippen LogP contribution in [-0.4, -0.2) is 54.7 Å². The first-order valence-corrected chi connectivity index (χ1v) is 9.04. The molecule has 1 aromatic carbocycles. The average Bonchev–Trinajstić information content (AvgIpc) is 2.48. The van der Waals surface area contributed by atoms with Crippen molar-refractivity contribution in [3.63, 3.8) is 0 Å². The molecular formula is C17H25BF3KN2O2S. The molecule has 2 rings (SSSR count). The molecule has 10 heteroatoms. The van der Waals surface area contributed by atoms with Gasteiger partial charge >= 0.3 is 64.5 Å². The zero-order valence-electron chi connectivity index (χ0n) is 16.6. The largest absolute Gasteiger partial charge is 1.00 e. The molecule has 1 fully saturated rings. The third-order valence-electron chi connectivity index (χ3n) is 4.26. The molecule has 0 aromatic heterocycles. The number of rotatable bonds is 3. The molecule has 0 bridgehead atoms. The zero-order chi connectivity index (χ0) is 19.7. The molecule has 146 valence electrons. The molecule has 0 spiro atoms. The van der Waals surface area contributed by atoms with E-state index in [4.69, 9.17) is 4.74 Å². The van der Waals surface area contributed by atoms with Crippen LogP contribution in [0.25, 0.3) is 0 Å². The molecule has 0 aliphatic carbocycles. The van der Waals surface area contributed by atoms with Crippen molar-refractivity contribution in [1.29, 1.82) is 0 Å². The van der Waals surface area contributed by atoms with Crippen LogP contribution in [-0.2, 0) is 11.3 Å². The standard InChI is InChI=1S/C17H25BF3N2O2S.K/c1-12-14(18(19,20)21)9-13(10-15(12)26)11-22-5-7-23(8-6-22)16(24)25-17(2,3)4;/h9-10,26H,5-8,11H2,1-4H3;/q-1;+1. The number of ether oxygens (including phenoxy) is 1. The molecule has 4 nitrogen and oxygen atoms in total. The summed E-state index contributed by atoms with van der Waals surface area (Å²) in [6.45, 7) is 4.36. The van der Waals surface area contributed by atoms with Crippen LogP contribution in [0, 0.1) is 6.92 Å². The van der Waals surface area contributed by atoms with E-state index < -0.39 is 18.0 Å². The Hall–Kier alpha value is 0.291. The van der Waals surface area contributed by atoms with Crippen LogP contribution < -0.4 is 56.8 Å². The van der Waals surface area contributed by atoms with E-state index in [9.17, 15) is 17.7 Å². The Balaban J connectivity index is 0.00000364. The number of thiol groups is 1. The molecule has 1 aliphatic rings. The molecule has 0 atom stereocenters. The number of carbonyl (C=O) groups excluding carboxylic acids is 1. The minimum Gasteiger partial charge on any atom is -0.445 e. The summed E-state index contributed by atoms with van der Waals surface area (Å²) >= 11 is 4.19. The van der Waals surface area contributed by atoms with Crippen LogP contribution >= 0.6 is 12.6 Å².